The lowest BCUT2D eigenvalue weighted by Gasteiger charge is -2.25. The topological polar surface area (TPSA) is 29.1 Å². The van der Waals surface area contributed by atoms with Crippen LogP contribution in [0.3, 0.4) is 0 Å². The maximum atomic E-state index is 13.1. The van der Waals surface area contributed by atoms with Gasteiger partial charge in [0.2, 0.25) is 0 Å². The molecule has 0 aromatic heterocycles. The molecular formula is C22H17NO. The Balaban J connectivity index is 1.92. The second-order valence-corrected chi connectivity index (χ2v) is 6.02. The maximum absolute atomic E-state index is 13.1. The molecule has 3 aromatic carbocycles. The number of hydrogen-bond acceptors (Lipinski definition) is 2. The smallest absolute Gasteiger partial charge is 0.196 e. The molecule has 1 aliphatic carbocycles. The average molecular weight is 311 g/mol. The van der Waals surface area contributed by atoms with Gasteiger partial charge in [0.15, 0.2) is 5.78 Å². The molecule has 0 aliphatic heterocycles. The number of carbonyl (C=O) groups excluding carboxylic acids is 1. The van der Waals surface area contributed by atoms with Crippen LogP contribution in [0.2, 0.25) is 0 Å². The van der Waals surface area contributed by atoms with E-state index in [0.717, 1.165) is 39.2 Å². The first-order chi connectivity index (χ1) is 11.7. The lowest BCUT2D eigenvalue weighted by Crippen LogP contribution is -2.17. The molecule has 0 heterocycles. The van der Waals surface area contributed by atoms with Crippen LogP contribution in [-0.2, 0) is 0 Å². The van der Waals surface area contributed by atoms with Crippen LogP contribution >= 0.6 is 0 Å². The van der Waals surface area contributed by atoms with Crippen LogP contribution in [0.4, 0.5) is 11.4 Å². The predicted molar refractivity (Wildman–Crippen MR) is 98.9 cm³/mol. The van der Waals surface area contributed by atoms with E-state index in [4.69, 9.17) is 0 Å². The van der Waals surface area contributed by atoms with Crippen molar-refractivity contribution >= 4 is 22.7 Å². The third kappa shape index (κ3) is 2.16. The monoisotopic (exact) mass is 311 g/mol. The van der Waals surface area contributed by atoms with E-state index in [9.17, 15) is 4.79 Å². The summed E-state index contributed by atoms with van der Waals surface area (Å²) in [5, 5.41) is 3.38. The van der Waals surface area contributed by atoms with Crippen molar-refractivity contribution in [2.75, 3.05) is 5.32 Å². The minimum absolute atomic E-state index is 0.0510. The second-order valence-electron chi connectivity index (χ2n) is 6.02. The molecule has 0 unspecified atom stereocenters. The fraction of sp³-hybridized carbons (Fsp3) is 0.0455. The quantitative estimate of drug-likeness (QED) is 0.541. The number of nitrogens with one attached hydrogen (secondary N) is 1. The molecule has 0 atom stereocenters. The molecule has 116 valence electrons. The van der Waals surface area contributed by atoms with Crippen LogP contribution in [0, 0.1) is 6.92 Å². The average Bonchev–Trinajstić information content (AvgIpc) is 2.62. The number of fused-ring (bicyclic) bond motifs is 2. The Hall–Kier alpha value is -3.13. The van der Waals surface area contributed by atoms with Gasteiger partial charge in [-0.1, -0.05) is 55.1 Å². The van der Waals surface area contributed by atoms with E-state index in [-0.39, 0.29) is 5.78 Å². The van der Waals surface area contributed by atoms with E-state index in [2.05, 4.69) is 11.9 Å². The number of para-hydroxylation sites is 1. The summed E-state index contributed by atoms with van der Waals surface area (Å²) in [6.07, 6.45) is 0. The number of hydrogen-bond donors (Lipinski definition) is 1. The second kappa shape index (κ2) is 5.50. The highest BCUT2D eigenvalue weighted by Gasteiger charge is 2.29. The normalized spacial score (nSPS) is 12.5. The van der Waals surface area contributed by atoms with Gasteiger partial charge >= 0.3 is 0 Å². The first kappa shape index (κ1) is 14.5. The van der Waals surface area contributed by atoms with E-state index >= 15 is 0 Å². The summed E-state index contributed by atoms with van der Waals surface area (Å²) in [5.74, 6) is 0.0510. The number of anilines is 2. The molecule has 0 amide bonds. The highest BCUT2D eigenvalue weighted by molar-refractivity contribution is 6.21. The molecule has 1 aliphatic rings. The van der Waals surface area contributed by atoms with Gasteiger partial charge in [0.1, 0.15) is 0 Å². The first-order valence-electron chi connectivity index (χ1n) is 7.96. The molecular weight excluding hydrogens is 294 g/mol. The lowest BCUT2D eigenvalue weighted by molar-refractivity contribution is 0.103. The van der Waals surface area contributed by atoms with Gasteiger partial charge in [-0.25, -0.2) is 0 Å². The number of rotatable bonds is 2. The molecule has 0 bridgehead atoms. The van der Waals surface area contributed by atoms with Gasteiger partial charge in [-0.3, -0.25) is 4.79 Å². The summed E-state index contributed by atoms with van der Waals surface area (Å²) >= 11 is 0. The number of ketones is 1. The molecule has 0 radical (unpaired) electrons. The molecule has 0 spiro atoms. The van der Waals surface area contributed by atoms with Crippen LogP contribution in [0.5, 0.6) is 0 Å². The molecule has 2 nitrogen and oxygen atoms in total. The maximum Gasteiger partial charge on any atom is 0.196 e. The molecule has 1 N–H and O–H groups in total. The molecule has 3 aromatic rings. The van der Waals surface area contributed by atoms with Crippen LogP contribution < -0.4 is 5.32 Å². The SMILES string of the molecule is C=C1c2ccccc2C(=O)c2c(Nc3ccccc3)ccc(C)c21. The van der Waals surface area contributed by atoms with E-state index in [0.29, 0.717) is 5.56 Å². The van der Waals surface area contributed by atoms with Crippen molar-refractivity contribution in [3.63, 3.8) is 0 Å². The summed E-state index contributed by atoms with van der Waals surface area (Å²) in [7, 11) is 0. The van der Waals surface area contributed by atoms with Crippen LogP contribution in [0.25, 0.3) is 5.57 Å². The fourth-order valence-electron chi connectivity index (χ4n) is 3.33. The zero-order valence-corrected chi connectivity index (χ0v) is 13.5. The van der Waals surface area contributed by atoms with Crippen molar-refractivity contribution in [3.05, 3.63) is 101 Å². The van der Waals surface area contributed by atoms with Crippen LogP contribution in [0.15, 0.2) is 73.3 Å². The molecule has 4 rings (SSSR count). The summed E-state index contributed by atoms with van der Waals surface area (Å²) in [5.41, 5.74) is 7.06. The van der Waals surface area contributed by atoms with Crippen molar-refractivity contribution in [1.82, 2.24) is 0 Å². The predicted octanol–water partition coefficient (Wildman–Crippen LogP) is 5.34. The van der Waals surface area contributed by atoms with Gasteiger partial charge in [0, 0.05) is 11.3 Å². The Morgan fingerprint density at radius 1 is 0.792 bits per heavy atom. The minimum atomic E-state index is 0.0510. The first-order valence-corrected chi connectivity index (χ1v) is 7.96. The van der Waals surface area contributed by atoms with Gasteiger partial charge < -0.3 is 5.32 Å². The van der Waals surface area contributed by atoms with Crippen LogP contribution in [0.1, 0.15) is 32.6 Å². The van der Waals surface area contributed by atoms with E-state index in [1.807, 2.05) is 73.7 Å². The third-order valence-electron chi connectivity index (χ3n) is 4.49. The van der Waals surface area contributed by atoms with Crippen molar-refractivity contribution in [2.45, 2.75) is 6.92 Å². The molecule has 0 fully saturated rings. The van der Waals surface area contributed by atoms with Crippen molar-refractivity contribution in [2.24, 2.45) is 0 Å². The zero-order valence-electron chi connectivity index (χ0n) is 13.5. The fourth-order valence-corrected chi connectivity index (χ4v) is 3.33. The van der Waals surface area contributed by atoms with Gasteiger partial charge in [-0.15, -0.1) is 0 Å². The van der Waals surface area contributed by atoms with E-state index in [1.54, 1.807) is 0 Å². The molecule has 2 heteroatoms. The molecule has 24 heavy (non-hydrogen) atoms. The third-order valence-corrected chi connectivity index (χ3v) is 4.49. The lowest BCUT2D eigenvalue weighted by atomic mass is 9.79. The van der Waals surface area contributed by atoms with Gasteiger partial charge in [-0.2, -0.15) is 0 Å². The van der Waals surface area contributed by atoms with Crippen molar-refractivity contribution in [1.29, 1.82) is 0 Å². The molecule has 0 saturated heterocycles. The number of benzene rings is 3. The Morgan fingerprint density at radius 3 is 2.21 bits per heavy atom. The number of carbonyl (C=O) groups is 1. The van der Waals surface area contributed by atoms with Crippen molar-refractivity contribution < 1.29 is 4.79 Å². The summed E-state index contributed by atoms with van der Waals surface area (Å²) in [6, 6.07) is 21.6. The standard InChI is InChI=1S/C22H17NO/c1-14-12-13-19(23-16-8-4-3-5-9-16)21-20(14)15(2)17-10-6-7-11-18(17)22(21)24/h3-13,23H,2H2,1H3. The Bertz CT molecular complexity index is 971. The van der Waals surface area contributed by atoms with E-state index < -0.39 is 0 Å². The summed E-state index contributed by atoms with van der Waals surface area (Å²) < 4.78 is 0. The Kier molecular flexibility index (Phi) is 3.31. The minimum Gasteiger partial charge on any atom is -0.355 e. The van der Waals surface area contributed by atoms with Crippen LogP contribution in [-0.4, -0.2) is 5.78 Å². The largest absolute Gasteiger partial charge is 0.355 e. The Morgan fingerprint density at radius 2 is 1.46 bits per heavy atom. The highest BCUT2D eigenvalue weighted by atomic mass is 16.1. The summed E-state index contributed by atoms with van der Waals surface area (Å²) in [4.78, 5) is 13.1. The van der Waals surface area contributed by atoms with E-state index in [1.165, 1.54) is 0 Å². The highest BCUT2D eigenvalue weighted by Crippen LogP contribution is 2.40. The Labute approximate surface area is 141 Å². The van der Waals surface area contributed by atoms with Gasteiger partial charge in [0.05, 0.1) is 11.3 Å². The zero-order chi connectivity index (χ0) is 16.7. The van der Waals surface area contributed by atoms with Gasteiger partial charge in [-0.05, 0) is 47.4 Å². The molecule has 0 saturated carbocycles. The van der Waals surface area contributed by atoms with Gasteiger partial charge in [0.25, 0.3) is 0 Å². The number of aryl methyl sites for hydroxylation is 1. The van der Waals surface area contributed by atoms with Crippen molar-refractivity contribution in [3.8, 4) is 0 Å². The summed E-state index contributed by atoms with van der Waals surface area (Å²) in [6.45, 7) is 6.29.